The molecule has 0 amide bonds. The molecule has 2 bridgehead atoms. The third-order valence-corrected chi connectivity index (χ3v) is 8.99. The van der Waals surface area contributed by atoms with Crippen LogP contribution < -0.4 is 0 Å². The van der Waals surface area contributed by atoms with Gasteiger partial charge in [-0.15, -0.1) is 0 Å². The second kappa shape index (κ2) is 8.53. The molecule has 180 valence electrons. The predicted molar refractivity (Wildman–Crippen MR) is 112 cm³/mol. The first kappa shape index (κ1) is 22.6. The molecule has 0 spiro atoms. The van der Waals surface area contributed by atoms with Gasteiger partial charge in [0.1, 0.15) is 18.3 Å². The van der Waals surface area contributed by atoms with Crippen LogP contribution >= 0.6 is 0 Å². The summed E-state index contributed by atoms with van der Waals surface area (Å²) in [6.45, 7) is 4.51. The lowest BCUT2D eigenvalue weighted by molar-refractivity contribution is -0.160. The number of carbonyl (C=O) groups excluding carboxylic acids is 2. The van der Waals surface area contributed by atoms with Gasteiger partial charge in [-0.1, -0.05) is 0 Å². The first-order valence-electron chi connectivity index (χ1n) is 12.0. The Morgan fingerprint density at radius 3 is 2.50 bits per heavy atom. The molecule has 2 heterocycles. The van der Waals surface area contributed by atoms with Crippen molar-refractivity contribution in [3.8, 4) is 0 Å². The maximum Gasteiger partial charge on any atom is 0.303 e. The highest BCUT2D eigenvalue weighted by molar-refractivity contribution is 5.66. The molecular weight excluding hydrogens is 416 g/mol. The minimum atomic E-state index is -0.388. The van der Waals surface area contributed by atoms with Gasteiger partial charge in [0.15, 0.2) is 6.10 Å². The Morgan fingerprint density at radius 1 is 1.00 bits per heavy atom. The van der Waals surface area contributed by atoms with Crippen molar-refractivity contribution in [3.63, 3.8) is 0 Å². The van der Waals surface area contributed by atoms with Crippen molar-refractivity contribution in [1.29, 1.82) is 0 Å². The number of ether oxygens (including phenoxy) is 6. The second-order valence-corrected chi connectivity index (χ2v) is 10.6. The molecule has 8 nitrogen and oxygen atoms in total. The minimum Gasteiger partial charge on any atom is -0.466 e. The summed E-state index contributed by atoms with van der Waals surface area (Å²) in [7, 11) is 3.51. The highest BCUT2D eigenvalue weighted by Crippen LogP contribution is 2.71. The van der Waals surface area contributed by atoms with Gasteiger partial charge in [-0.25, -0.2) is 0 Å². The Hall–Kier alpha value is -1.22. The zero-order valence-electron chi connectivity index (χ0n) is 19.5. The molecule has 0 aromatic rings. The molecule has 3 saturated carbocycles. The molecule has 5 aliphatic rings. The highest BCUT2D eigenvalue weighted by atomic mass is 16.7. The van der Waals surface area contributed by atoms with Crippen molar-refractivity contribution in [2.45, 2.75) is 70.1 Å². The van der Waals surface area contributed by atoms with Crippen molar-refractivity contribution >= 4 is 11.9 Å². The zero-order chi connectivity index (χ0) is 22.6. The average molecular weight is 453 g/mol. The average Bonchev–Trinajstić information content (AvgIpc) is 3.51. The maximum atomic E-state index is 11.6. The van der Waals surface area contributed by atoms with E-state index >= 15 is 0 Å². The Bertz CT molecular complexity index is 742. The second-order valence-electron chi connectivity index (χ2n) is 10.6. The molecule has 11 atom stereocenters. The summed E-state index contributed by atoms with van der Waals surface area (Å²) in [5, 5.41) is 0. The van der Waals surface area contributed by atoms with Crippen LogP contribution in [0, 0.1) is 35.0 Å². The van der Waals surface area contributed by atoms with Crippen molar-refractivity contribution in [2.75, 3.05) is 34.0 Å². The van der Waals surface area contributed by atoms with E-state index in [1.165, 1.54) is 13.8 Å². The molecular formula is C24H36O8. The standard InChI is InChI=1S/C24H36O8/c1-12(25)29-9-14-5-16-17-8-24(18(16)6-14,7-15(17)10-27-3)23-22(28-4)21-20(32-23)19(11-30-21)31-13(2)26/h14-23H,5-11H2,1-4H3. The molecule has 5 fully saturated rings. The third kappa shape index (κ3) is 3.49. The topological polar surface area (TPSA) is 89.5 Å². The van der Waals surface area contributed by atoms with Gasteiger partial charge in [-0.3, -0.25) is 9.59 Å². The predicted octanol–water partition coefficient (Wildman–Crippen LogP) is 1.98. The SMILES string of the molecule is COCC1CC2(C3OC4C(OC(C)=O)COC4C3OC)CC1C1CC(COC(C)=O)CC12. The van der Waals surface area contributed by atoms with Crippen molar-refractivity contribution in [2.24, 2.45) is 35.0 Å². The van der Waals surface area contributed by atoms with Gasteiger partial charge in [0.2, 0.25) is 0 Å². The number of carbonyl (C=O) groups is 2. The van der Waals surface area contributed by atoms with Gasteiger partial charge in [0, 0.05) is 40.1 Å². The van der Waals surface area contributed by atoms with Crippen LogP contribution in [-0.4, -0.2) is 76.5 Å². The lowest BCUT2D eigenvalue weighted by Gasteiger charge is -2.44. The molecule has 0 radical (unpaired) electrons. The molecule has 0 aromatic carbocycles. The van der Waals surface area contributed by atoms with E-state index in [-0.39, 0.29) is 47.9 Å². The number of esters is 2. The fourth-order valence-electron chi connectivity index (χ4n) is 8.16. The van der Waals surface area contributed by atoms with E-state index in [2.05, 4.69) is 0 Å². The molecule has 2 aliphatic heterocycles. The van der Waals surface area contributed by atoms with Crippen LogP contribution in [0.1, 0.15) is 39.5 Å². The van der Waals surface area contributed by atoms with Crippen LogP contribution in [-0.2, 0) is 38.0 Å². The molecule has 11 unspecified atom stereocenters. The largest absolute Gasteiger partial charge is 0.466 e. The molecule has 0 aromatic heterocycles. The molecule has 32 heavy (non-hydrogen) atoms. The van der Waals surface area contributed by atoms with E-state index in [1.807, 2.05) is 0 Å². The number of hydrogen-bond acceptors (Lipinski definition) is 8. The Labute approximate surface area is 189 Å². The molecule has 8 heteroatoms. The molecule has 0 N–H and O–H groups in total. The van der Waals surface area contributed by atoms with E-state index in [9.17, 15) is 9.59 Å². The van der Waals surface area contributed by atoms with Crippen LogP contribution in [0.5, 0.6) is 0 Å². The van der Waals surface area contributed by atoms with Crippen LogP contribution in [0.25, 0.3) is 0 Å². The van der Waals surface area contributed by atoms with Gasteiger partial charge < -0.3 is 28.4 Å². The number of rotatable bonds is 7. The summed E-state index contributed by atoms with van der Waals surface area (Å²) in [5.74, 6) is 2.06. The lowest BCUT2D eigenvalue weighted by atomic mass is 9.64. The Kier molecular flexibility index (Phi) is 6.01. The Morgan fingerprint density at radius 2 is 1.81 bits per heavy atom. The fraction of sp³-hybridized carbons (Fsp3) is 0.917. The summed E-state index contributed by atoms with van der Waals surface area (Å²) in [6.07, 6.45) is 3.11. The van der Waals surface area contributed by atoms with Gasteiger partial charge in [-0.2, -0.15) is 0 Å². The minimum absolute atomic E-state index is 0.0152. The Balaban J connectivity index is 1.40. The van der Waals surface area contributed by atoms with Gasteiger partial charge in [-0.05, 0) is 55.3 Å². The van der Waals surface area contributed by atoms with E-state index in [4.69, 9.17) is 28.4 Å². The summed E-state index contributed by atoms with van der Waals surface area (Å²) < 4.78 is 35.3. The first-order chi connectivity index (χ1) is 15.4. The van der Waals surface area contributed by atoms with E-state index in [1.54, 1.807) is 14.2 Å². The van der Waals surface area contributed by atoms with Crippen LogP contribution in [0.3, 0.4) is 0 Å². The van der Waals surface area contributed by atoms with E-state index < -0.39 is 0 Å². The quantitative estimate of drug-likeness (QED) is 0.542. The molecule has 3 aliphatic carbocycles. The molecule has 2 saturated heterocycles. The normalized spacial score (nSPS) is 48.6. The smallest absolute Gasteiger partial charge is 0.303 e. The maximum absolute atomic E-state index is 11.6. The number of methoxy groups -OCH3 is 2. The van der Waals surface area contributed by atoms with Crippen molar-refractivity contribution < 1.29 is 38.0 Å². The fourth-order valence-corrected chi connectivity index (χ4v) is 8.16. The van der Waals surface area contributed by atoms with Crippen molar-refractivity contribution in [1.82, 2.24) is 0 Å². The summed E-state index contributed by atoms with van der Waals surface area (Å²) in [5.41, 5.74) is -0.0152. The highest BCUT2D eigenvalue weighted by Gasteiger charge is 2.71. The number of fused-ring (bicyclic) bond motifs is 6. The van der Waals surface area contributed by atoms with Crippen molar-refractivity contribution in [3.05, 3.63) is 0 Å². The number of hydrogen-bond donors (Lipinski definition) is 0. The first-order valence-corrected chi connectivity index (χ1v) is 12.0. The summed E-state index contributed by atoms with van der Waals surface area (Å²) >= 11 is 0. The van der Waals surface area contributed by atoms with Crippen LogP contribution in [0.4, 0.5) is 0 Å². The summed E-state index contributed by atoms with van der Waals surface area (Å²) in [6, 6.07) is 0. The third-order valence-electron chi connectivity index (χ3n) is 8.99. The van der Waals surface area contributed by atoms with Gasteiger partial charge in [0.25, 0.3) is 0 Å². The van der Waals surface area contributed by atoms with Gasteiger partial charge in [0.05, 0.1) is 19.3 Å². The van der Waals surface area contributed by atoms with E-state index in [0.717, 1.165) is 32.3 Å². The zero-order valence-corrected chi connectivity index (χ0v) is 19.5. The monoisotopic (exact) mass is 452 g/mol. The molecule has 5 rings (SSSR count). The summed E-state index contributed by atoms with van der Waals surface area (Å²) in [4.78, 5) is 23.0. The lowest BCUT2D eigenvalue weighted by Crippen LogP contribution is -2.48. The van der Waals surface area contributed by atoms with Crippen LogP contribution in [0.2, 0.25) is 0 Å². The van der Waals surface area contributed by atoms with Crippen LogP contribution in [0.15, 0.2) is 0 Å². The van der Waals surface area contributed by atoms with Gasteiger partial charge >= 0.3 is 11.9 Å². The van der Waals surface area contributed by atoms with E-state index in [0.29, 0.717) is 42.8 Å².